The van der Waals surface area contributed by atoms with Crippen molar-refractivity contribution in [1.82, 2.24) is 0 Å². The Morgan fingerprint density at radius 3 is 3.00 bits per heavy atom. The van der Waals surface area contributed by atoms with Gasteiger partial charge in [0.25, 0.3) is 0 Å². The van der Waals surface area contributed by atoms with Crippen LogP contribution in [0.15, 0.2) is 24.3 Å². The van der Waals surface area contributed by atoms with Gasteiger partial charge in [-0.3, -0.25) is 0 Å². The van der Waals surface area contributed by atoms with E-state index in [2.05, 4.69) is 17.0 Å². The van der Waals surface area contributed by atoms with Crippen LogP contribution in [0.2, 0.25) is 0 Å². The molecular weight excluding hydrogens is 244 g/mol. The number of nitrogens with zero attached hydrogens (tertiary/aromatic N) is 1. The molecule has 0 aromatic heterocycles. The minimum atomic E-state index is 0.620. The highest BCUT2D eigenvalue weighted by Crippen LogP contribution is 2.30. The van der Waals surface area contributed by atoms with Gasteiger partial charge in [0.2, 0.25) is 0 Å². The highest BCUT2D eigenvalue weighted by Gasteiger charge is 2.14. The van der Waals surface area contributed by atoms with Gasteiger partial charge in [-0.1, -0.05) is 24.4 Å². The van der Waals surface area contributed by atoms with Crippen LogP contribution >= 0.6 is 12.2 Å². The third-order valence-corrected chi connectivity index (χ3v) is 3.34. The van der Waals surface area contributed by atoms with Gasteiger partial charge >= 0.3 is 0 Å². The van der Waals surface area contributed by atoms with Crippen LogP contribution in [0.4, 0.5) is 5.69 Å². The summed E-state index contributed by atoms with van der Waals surface area (Å²) in [5.41, 5.74) is 6.72. The number of nitrogens with two attached hydrogens (primary N) is 1. The minimum absolute atomic E-state index is 0.620. The normalized spacial score (nSPS) is 14.6. The molecule has 3 nitrogen and oxygen atoms in total. The Balaban J connectivity index is 1.93. The largest absolute Gasteiger partial charge is 0.491 e. The van der Waals surface area contributed by atoms with E-state index < -0.39 is 0 Å². The molecule has 0 saturated heterocycles. The van der Waals surface area contributed by atoms with Crippen LogP contribution in [0.25, 0.3) is 0 Å². The Hall–Kier alpha value is -1.29. The van der Waals surface area contributed by atoms with E-state index in [-0.39, 0.29) is 0 Å². The molecule has 0 bridgehead atoms. The van der Waals surface area contributed by atoms with Crippen molar-refractivity contribution in [2.45, 2.75) is 25.7 Å². The predicted octanol–water partition coefficient (Wildman–Crippen LogP) is 2.73. The van der Waals surface area contributed by atoms with E-state index in [1.807, 2.05) is 12.1 Å². The standard InChI is InChI=1S/C14H20N2OS/c15-14(18)8-3-4-9-16-10-5-11-17-13-7-2-1-6-12(13)16/h1-2,6-7H,3-5,8-11H2,(H2,15,18). The highest BCUT2D eigenvalue weighted by molar-refractivity contribution is 7.80. The van der Waals surface area contributed by atoms with Crippen molar-refractivity contribution in [3.63, 3.8) is 0 Å². The fourth-order valence-corrected chi connectivity index (χ4v) is 2.38. The van der Waals surface area contributed by atoms with Crippen LogP contribution in [0, 0.1) is 0 Å². The van der Waals surface area contributed by atoms with E-state index >= 15 is 0 Å². The number of para-hydroxylation sites is 2. The SMILES string of the molecule is NC(=S)CCCCN1CCCOc2ccccc21. The summed E-state index contributed by atoms with van der Waals surface area (Å²) in [6.07, 6.45) is 4.10. The van der Waals surface area contributed by atoms with Gasteiger partial charge < -0.3 is 15.4 Å². The first-order valence-corrected chi connectivity index (χ1v) is 6.93. The molecule has 2 rings (SSSR count). The first kappa shape index (κ1) is 13.1. The third-order valence-electron chi connectivity index (χ3n) is 3.14. The molecule has 0 aliphatic carbocycles. The maximum atomic E-state index is 5.74. The molecule has 1 aliphatic rings. The molecule has 1 heterocycles. The third kappa shape index (κ3) is 3.60. The lowest BCUT2D eigenvalue weighted by Crippen LogP contribution is -2.25. The molecule has 2 N–H and O–H groups in total. The molecule has 0 atom stereocenters. The van der Waals surface area contributed by atoms with Crippen molar-refractivity contribution >= 4 is 22.9 Å². The highest BCUT2D eigenvalue weighted by atomic mass is 32.1. The molecule has 0 spiro atoms. The van der Waals surface area contributed by atoms with Crippen molar-refractivity contribution in [2.24, 2.45) is 5.73 Å². The van der Waals surface area contributed by atoms with Gasteiger partial charge in [-0.2, -0.15) is 0 Å². The number of ether oxygens (including phenoxy) is 1. The van der Waals surface area contributed by atoms with Gasteiger partial charge in [0.1, 0.15) is 5.75 Å². The maximum absolute atomic E-state index is 5.74. The first-order chi connectivity index (χ1) is 8.77. The van der Waals surface area contributed by atoms with Crippen LogP contribution in [0.1, 0.15) is 25.7 Å². The molecule has 98 valence electrons. The molecule has 0 amide bonds. The summed E-state index contributed by atoms with van der Waals surface area (Å²) in [7, 11) is 0. The number of thiocarbonyl (C=S) groups is 1. The summed E-state index contributed by atoms with van der Waals surface area (Å²) in [5.74, 6) is 1.00. The van der Waals surface area contributed by atoms with Crippen molar-refractivity contribution in [3.05, 3.63) is 24.3 Å². The number of unbranched alkanes of at least 4 members (excludes halogenated alkanes) is 1. The summed E-state index contributed by atoms with van der Waals surface area (Å²) < 4.78 is 5.74. The van der Waals surface area contributed by atoms with E-state index in [9.17, 15) is 0 Å². The second-order valence-corrected chi connectivity index (χ2v) is 5.10. The van der Waals surface area contributed by atoms with Crippen molar-refractivity contribution in [1.29, 1.82) is 0 Å². The molecule has 0 unspecified atom stereocenters. The molecular formula is C14H20N2OS. The molecule has 1 aromatic rings. The second-order valence-electron chi connectivity index (χ2n) is 4.58. The van der Waals surface area contributed by atoms with Crippen LogP contribution in [0.5, 0.6) is 5.75 Å². The zero-order valence-corrected chi connectivity index (χ0v) is 11.4. The van der Waals surface area contributed by atoms with Crippen molar-refractivity contribution in [2.75, 3.05) is 24.6 Å². The zero-order chi connectivity index (χ0) is 12.8. The Bertz CT molecular complexity index is 409. The molecule has 1 aromatic carbocycles. The fraction of sp³-hybridized carbons (Fsp3) is 0.500. The van der Waals surface area contributed by atoms with E-state index in [0.29, 0.717) is 4.99 Å². The van der Waals surface area contributed by atoms with E-state index in [0.717, 1.165) is 51.1 Å². The monoisotopic (exact) mass is 264 g/mol. The fourth-order valence-electron chi connectivity index (χ4n) is 2.23. The van der Waals surface area contributed by atoms with Gasteiger partial charge in [0.05, 0.1) is 17.3 Å². The lowest BCUT2D eigenvalue weighted by Gasteiger charge is -2.23. The first-order valence-electron chi connectivity index (χ1n) is 6.52. The summed E-state index contributed by atoms with van der Waals surface area (Å²) in [6, 6.07) is 8.27. The van der Waals surface area contributed by atoms with Crippen molar-refractivity contribution < 1.29 is 4.74 Å². The lowest BCUT2D eigenvalue weighted by molar-refractivity contribution is 0.322. The number of fused-ring (bicyclic) bond motifs is 1. The smallest absolute Gasteiger partial charge is 0.142 e. The van der Waals surface area contributed by atoms with E-state index in [4.69, 9.17) is 22.7 Å². The zero-order valence-electron chi connectivity index (χ0n) is 10.6. The summed E-state index contributed by atoms with van der Waals surface area (Å²) in [4.78, 5) is 3.02. The quantitative estimate of drug-likeness (QED) is 0.655. The average molecular weight is 264 g/mol. The topological polar surface area (TPSA) is 38.5 Å². The molecule has 0 radical (unpaired) electrons. The Morgan fingerprint density at radius 2 is 2.17 bits per heavy atom. The molecule has 18 heavy (non-hydrogen) atoms. The van der Waals surface area contributed by atoms with Gasteiger partial charge in [0, 0.05) is 13.1 Å². The van der Waals surface area contributed by atoms with E-state index in [1.54, 1.807) is 0 Å². The van der Waals surface area contributed by atoms with Crippen molar-refractivity contribution in [3.8, 4) is 5.75 Å². The van der Waals surface area contributed by atoms with Gasteiger partial charge in [0.15, 0.2) is 0 Å². The molecule has 4 heteroatoms. The van der Waals surface area contributed by atoms with E-state index in [1.165, 1.54) is 5.69 Å². The Labute approximate surface area is 114 Å². The Morgan fingerprint density at radius 1 is 1.33 bits per heavy atom. The lowest BCUT2D eigenvalue weighted by atomic mass is 10.2. The molecule has 0 fully saturated rings. The van der Waals surface area contributed by atoms with Gasteiger partial charge in [-0.25, -0.2) is 0 Å². The van der Waals surface area contributed by atoms with Gasteiger partial charge in [-0.05, 0) is 37.8 Å². The number of hydrogen-bond donors (Lipinski definition) is 1. The van der Waals surface area contributed by atoms with Crippen LogP contribution in [-0.2, 0) is 0 Å². The number of benzene rings is 1. The number of anilines is 1. The molecule has 0 saturated carbocycles. The number of hydrogen-bond acceptors (Lipinski definition) is 3. The Kier molecular flexibility index (Phi) is 4.81. The summed E-state index contributed by atoms with van der Waals surface area (Å²) in [6.45, 7) is 2.91. The maximum Gasteiger partial charge on any atom is 0.142 e. The number of rotatable bonds is 5. The van der Waals surface area contributed by atoms with Crippen LogP contribution < -0.4 is 15.4 Å². The van der Waals surface area contributed by atoms with Crippen LogP contribution in [0.3, 0.4) is 0 Å². The average Bonchev–Trinajstić information content (AvgIpc) is 2.57. The minimum Gasteiger partial charge on any atom is -0.491 e. The summed E-state index contributed by atoms with van der Waals surface area (Å²) in [5, 5.41) is 0. The predicted molar refractivity (Wildman–Crippen MR) is 79.4 cm³/mol. The van der Waals surface area contributed by atoms with Gasteiger partial charge in [-0.15, -0.1) is 0 Å². The second kappa shape index (κ2) is 6.59. The van der Waals surface area contributed by atoms with Crippen LogP contribution in [-0.4, -0.2) is 24.7 Å². The summed E-state index contributed by atoms with van der Waals surface area (Å²) >= 11 is 4.89. The molecule has 1 aliphatic heterocycles.